The molecule has 1 aliphatic heterocycles. The van der Waals surface area contributed by atoms with Gasteiger partial charge in [0.25, 0.3) is 5.91 Å². The van der Waals surface area contributed by atoms with Crippen molar-refractivity contribution in [2.24, 2.45) is 0 Å². The van der Waals surface area contributed by atoms with E-state index in [0.717, 1.165) is 38.4 Å². The molecule has 4 rings (SSSR count). The number of hydrogen-bond donors (Lipinski definition) is 2. The molecule has 2 aromatic carbocycles. The van der Waals surface area contributed by atoms with Crippen molar-refractivity contribution in [2.45, 2.75) is 19.4 Å². The van der Waals surface area contributed by atoms with Gasteiger partial charge in [-0.1, -0.05) is 30.3 Å². The van der Waals surface area contributed by atoms with E-state index < -0.39 is 17.9 Å². The molecule has 0 saturated carbocycles. The van der Waals surface area contributed by atoms with Crippen molar-refractivity contribution in [3.8, 4) is 11.5 Å². The second-order valence-corrected chi connectivity index (χ2v) is 8.68. The molecule has 2 N–H and O–H groups in total. The fraction of sp³-hybridized carbons (Fsp3) is 0.407. The van der Waals surface area contributed by atoms with Crippen LogP contribution in [0, 0.1) is 6.92 Å². The van der Waals surface area contributed by atoms with Crippen LogP contribution in [0.3, 0.4) is 0 Å². The van der Waals surface area contributed by atoms with E-state index >= 15 is 0 Å². The summed E-state index contributed by atoms with van der Waals surface area (Å²) < 4.78 is 22.1. The van der Waals surface area contributed by atoms with Crippen molar-refractivity contribution in [1.29, 1.82) is 0 Å². The molecule has 1 fully saturated rings. The van der Waals surface area contributed by atoms with Crippen molar-refractivity contribution in [3.63, 3.8) is 0 Å². The van der Waals surface area contributed by atoms with Gasteiger partial charge < -0.3 is 29.2 Å². The maximum atomic E-state index is 13.5. The van der Waals surface area contributed by atoms with E-state index in [0.29, 0.717) is 46.7 Å². The van der Waals surface area contributed by atoms with Gasteiger partial charge in [-0.3, -0.25) is 9.69 Å². The molecule has 0 aliphatic carbocycles. The zero-order valence-electron chi connectivity index (χ0n) is 21.0. The van der Waals surface area contributed by atoms with Crippen LogP contribution in [0.5, 0.6) is 11.5 Å². The Kier molecular flexibility index (Phi) is 8.45. The van der Waals surface area contributed by atoms with Crippen LogP contribution in [-0.4, -0.2) is 81.5 Å². The number of carbonyl (C=O) groups excluding carboxylic acids is 2. The first-order chi connectivity index (χ1) is 17.5. The smallest absolute Gasteiger partial charge is 0.328 e. The number of methoxy groups -OCH3 is 2. The second kappa shape index (κ2) is 11.9. The number of aryl methyl sites for hydroxylation is 1. The molecule has 9 heteroatoms. The van der Waals surface area contributed by atoms with Crippen LogP contribution in [0.2, 0.25) is 0 Å². The molecule has 0 radical (unpaired) electrons. The molecular formula is C27H33N3O6. The molecule has 1 saturated heterocycles. The maximum absolute atomic E-state index is 13.5. The van der Waals surface area contributed by atoms with Gasteiger partial charge in [0.05, 0.1) is 43.9 Å². The highest BCUT2D eigenvalue weighted by atomic mass is 16.5. The van der Waals surface area contributed by atoms with Crippen LogP contribution in [0.4, 0.5) is 0 Å². The summed E-state index contributed by atoms with van der Waals surface area (Å²) in [7, 11) is 2.87. The van der Waals surface area contributed by atoms with Crippen LogP contribution in [0.15, 0.2) is 42.5 Å². The van der Waals surface area contributed by atoms with Crippen LogP contribution in [0.1, 0.15) is 21.6 Å². The van der Waals surface area contributed by atoms with Gasteiger partial charge in [0, 0.05) is 31.7 Å². The predicted molar refractivity (Wildman–Crippen MR) is 136 cm³/mol. The van der Waals surface area contributed by atoms with E-state index in [9.17, 15) is 9.59 Å². The lowest BCUT2D eigenvalue weighted by Gasteiger charge is -2.26. The van der Waals surface area contributed by atoms with Gasteiger partial charge in [0.15, 0.2) is 0 Å². The maximum Gasteiger partial charge on any atom is 0.328 e. The average molecular weight is 496 g/mol. The summed E-state index contributed by atoms with van der Waals surface area (Å²) in [6.07, 6.45) is 0.313. The average Bonchev–Trinajstić information content (AvgIpc) is 3.26. The standard InChI is InChI=1S/C27H33N3O6/c1-18-23(26(31)29-20(27(32)34-3)17-19-7-5-4-6-8-19)24-21(33-2)9-10-22(25(24)28-18)36-16-13-30-11-14-35-15-12-30/h4-10,20,28H,11-17H2,1-3H3,(H,29,31). The normalized spacial score (nSPS) is 14.9. The number of carbonyl (C=O) groups is 2. The number of nitrogens with one attached hydrogen (secondary N) is 2. The third kappa shape index (κ3) is 5.80. The van der Waals surface area contributed by atoms with E-state index in [1.807, 2.05) is 43.3 Å². The number of esters is 1. The number of amides is 1. The van der Waals surface area contributed by atoms with Gasteiger partial charge in [0.2, 0.25) is 0 Å². The summed E-state index contributed by atoms with van der Waals surface area (Å²) in [6.45, 7) is 6.34. The van der Waals surface area contributed by atoms with Gasteiger partial charge in [0.1, 0.15) is 24.1 Å². The highest BCUT2D eigenvalue weighted by Gasteiger charge is 2.27. The topological polar surface area (TPSA) is 102 Å². The van der Waals surface area contributed by atoms with Crippen molar-refractivity contribution in [1.82, 2.24) is 15.2 Å². The Labute approximate surface area is 210 Å². The number of aromatic amines is 1. The van der Waals surface area contributed by atoms with Gasteiger partial charge in [-0.2, -0.15) is 0 Å². The first kappa shape index (κ1) is 25.5. The van der Waals surface area contributed by atoms with Crippen LogP contribution < -0.4 is 14.8 Å². The molecule has 192 valence electrons. The number of hydrogen-bond acceptors (Lipinski definition) is 7. The molecule has 9 nitrogen and oxygen atoms in total. The number of aromatic nitrogens is 1. The summed E-state index contributed by atoms with van der Waals surface area (Å²) in [5.41, 5.74) is 2.64. The fourth-order valence-corrected chi connectivity index (χ4v) is 4.47. The Bertz CT molecular complexity index is 1190. The van der Waals surface area contributed by atoms with E-state index in [2.05, 4.69) is 15.2 Å². The Morgan fingerprint density at radius 1 is 1.08 bits per heavy atom. The number of morpholine rings is 1. The predicted octanol–water partition coefficient (Wildman–Crippen LogP) is 2.71. The Hall–Kier alpha value is -3.56. The highest BCUT2D eigenvalue weighted by molar-refractivity contribution is 6.12. The largest absolute Gasteiger partial charge is 0.496 e. The molecule has 1 atom stereocenters. The number of fused-ring (bicyclic) bond motifs is 1. The SMILES string of the molecule is COC(=O)C(Cc1ccccc1)NC(=O)c1c(C)[nH]c2c(OCCN3CCOCC3)ccc(OC)c12. The highest BCUT2D eigenvalue weighted by Crippen LogP contribution is 2.37. The molecule has 1 amide bonds. The van der Waals surface area contributed by atoms with Crippen LogP contribution >= 0.6 is 0 Å². The molecule has 1 aliphatic rings. The molecule has 1 aromatic heterocycles. The van der Waals surface area contributed by atoms with Crippen LogP contribution in [-0.2, 0) is 20.7 Å². The number of rotatable bonds is 10. The monoisotopic (exact) mass is 495 g/mol. The zero-order valence-corrected chi connectivity index (χ0v) is 21.0. The summed E-state index contributed by atoms with van der Waals surface area (Å²) >= 11 is 0. The minimum atomic E-state index is -0.840. The quantitative estimate of drug-likeness (QED) is 0.417. The van der Waals surface area contributed by atoms with Crippen molar-refractivity contribution in [2.75, 3.05) is 53.7 Å². The third-order valence-electron chi connectivity index (χ3n) is 6.36. The summed E-state index contributed by atoms with van der Waals surface area (Å²) in [5, 5.41) is 3.47. The molecule has 1 unspecified atom stereocenters. The Morgan fingerprint density at radius 2 is 1.81 bits per heavy atom. The Morgan fingerprint density at radius 3 is 2.50 bits per heavy atom. The van der Waals surface area contributed by atoms with Crippen molar-refractivity contribution >= 4 is 22.8 Å². The zero-order chi connectivity index (χ0) is 25.5. The third-order valence-corrected chi connectivity index (χ3v) is 6.36. The van der Waals surface area contributed by atoms with E-state index in [4.69, 9.17) is 18.9 Å². The number of ether oxygens (including phenoxy) is 4. The van der Waals surface area contributed by atoms with Gasteiger partial charge in [-0.25, -0.2) is 4.79 Å². The van der Waals surface area contributed by atoms with Gasteiger partial charge >= 0.3 is 5.97 Å². The van der Waals surface area contributed by atoms with Crippen molar-refractivity contribution in [3.05, 3.63) is 59.3 Å². The Balaban J connectivity index is 1.57. The van der Waals surface area contributed by atoms with E-state index in [-0.39, 0.29) is 0 Å². The first-order valence-electron chi connectivity index (χ1n) is 12.1. The van der Waals surface area contributed by atoms with Gasteiger partial charge in [-0.05, 0) is 24.6 Å². The molecular weight excluding hydrogens is 462 g/mol. The van der Waals surface area contributed by atoms with E-state index in [1.165, 1.54) is 7.11 Å². The van der Waals surface area contributed by atoms with E-state index in [1.54, 1.807) is 13.2 Å². The first-order valence-corrected chi connectivity index (χ1v) is 12.1. The minimum absolute atomic E-state index is 0.313. The van der Waals surface area contributed by atoms with Crippen molar-refractivity contribution < 1.29 is 28.5 Å². The summed E-state index contributed by atoms with van der Waals surface area (Å²) in [4.78, 5) is 31.6. The molecule has 0 bridgehead atoms. The lowest BCUT2D eigenvalue weighted by atomic mass is 10.0. The molecule has 2 heterocycles. The number of benzene rings is 2. The van der Waals surface area contributed by atoms with Crippen LogP contribution in [0.25, 0.3) is 10.9 Å². The molecule has 3 aromatic rings. The second-order valence-electron chi connectivity index (χ2n) is 8.68. The summed E-state index contributed by atoms with van der Waals surface area (Å²) in [5.74, 6) is 0.269. The number of H-pyrrole nitrogens is 1. The minimum Gasteiger partial charge on any atom is -0.496 e. The molecule has 0 spiro atoms. The number of nitrogens with zero attached hydrogens (tertiary/aromatic N) is 1. The summed E-state index contributed by atoms with van der Waals surface area (Å²) in [6, 6.07) is 12.3. The lowest BCUT2D eigenvalue weighted by molar-refractivity contribution is -0.142. The molecule has 36 heavy (non-hydrogen) atoms. The van der Waals surface area contributed by atoms with Gasteiger partial charge in [-0.15, -0.1) is 0 Å². The fourth-order valence-electron chi connectivity index (χ4n) is 4.47. The lowest BCUT2D eigenvalue weighted by Crippen LogP contribution is -2.43.